The average Bonchev–Trinajstić information content (AvgIpc) is 2.42. The van der Waals surface area contributed by atoms with Crippen LogP contribution in [0.25, 0.3) is 10.9 Å². The number of aromatic nitrogens is 2. The molecule has 3 nitrogen and oxygen atoms in total. The summed E-state index contributed by atoms with van der Waals surface area (Å²) in [5.41, 5.74) is 0.392. The molecule has 0 radical (unpaired) electrons. The number of hydrogen-bond acceptors (Lipinski definition) is 3. The summed E-state index contributed by atoms with van der Waals surface area (Å²) in [5.74, 6) is 1.09. The molecule has 1 aromatic carbocycles. The Hall–Kier alpha value is -1.71. The Morgan fingerprint density at radius 2 is 2.05 bits per heavy atom. The second kappa shape index (κ2) is 5.11. The van der Waals surface area contributed by atoms with Gasteiger partial charge < -0.3 is 5.32 Å². The van der Waals surface area contributed by atoms with Crippen molar-refractivity contribution in [2.75, 3.05) is 5.32 Å². The molecule has 19 heavy (non-hydrogen) atoms. The highest BCUT2D eigenvalue weighted by Crippen LogP contribution is 2.28. The Kier molecular flexibility index (Phi) is 3.32. The fraction of sp³-hybridized carbons (Fsp3) is 0.467. The van der Waals surface area contributed by atoms with Gasteiger partial charge in [0.25, 0.3) is 0 Å². The highest BCUT2D eigenvalue weighted by molar-refractivity contribution is 5.89. The van der Waals surface area contributed by atoms with E-state index < -0.39 is 0 Å². The maximum Gasteiger partial charge on any atom is 0.149 e. The Morgan fingerprint density at radius 3 is 2.89 bits per heavy atom. The van der Waals surface area contributed by atoms with Crippen LogP contribution in [0.2, 0.25) is 0 Å². The molecule has 1 saturated carbocycles. The second-order valence-corrected chi connectivity index (χ2v) is 5.37. The summed E-state index contributed by atoms with van der Waals surface area (Å²) in [6.07, 6.45) is 6.39. The SMILES string of the molecule is CC1CCCCC1Nc1ncnc2c(F)cccc12. The lowest BCUT2D eigenvalue weighted by molar-refractivity contribution is 0.349. The Balaban J connectivity index is 1.94. The number of para-hydroxylation sites is 1. The minimum absolute atomic E-state index is 0.292. The molecule has 1 aromatic heterocycles. The number of fused-ring (bicyclic) bond motifs is 1. The van der Waals surface area contributed by atoms with Gasteiger partial charge in [0.05, 0.1) is 0 Å². The van der Waals surface area contributed by atoms with Crippen LogP contribution in [0.1, 0.15) is 32.6 Å². The van der Waals surface area contributed by atoms with E-state index in [1.807, 2.05) is 6.07 Å². The molecule has 1 fully saturated rings. The van der Waals surface area contributed by atoms with E-state index in [1.54, 1.807) is 6.07 Å². The molecule has 100 valence electrons. The predicted octanol–water partition coefficient (Wildman–Crippen LogP) is 3.76. The second-order valence-electron chi connectivity index (χ2n) is 5.37. The van der Waals surface area contributed by atoms with Crippen LogP contribution in [0, 0.1) is 11.7 Å². The third kappa shape index (κ3) is 2.39. The monoisotopic (exact) mass is 259 g/mol. The summed E-state index contributed by atoms with van der Waals surface area (Å²) in [7, 11) is 0. The number of halogens is 1. The Morgan fingerprint density at radius 1 is 1.21 bits per heavy atom. The third-order valence-electron chi connectivity index (χ3n) is 4.05. The minimum atomic E-state index is -0.292. The number of rotatable bonds is 2. The minimum Gasteiger partial charge on any atom is -0.366 e. The van der Waals surface area contributed by atoms with Crippen molar-refractivity contribution in [3.05, 3.63) is 30.3 Å². The molecular formula is C15H18FN3. The first-order chi connectivity index (χ1) is 9.25. The van der Waals surface area contributed by atoms with Crippen LogP contribution in [0.3, 0.4) is 0 Å². The lowest BCUT2D eigenvalue weighted by atomic mass is 9.86. The maximum absolute atomic E-state index is 13.7. The van der Waals surface area contributed by atoms with Crippen LogP contribution < -0.4 is 5.32 Å². The molecule has 3 rings (SSSR count). The summed E-state index contributed by atoms with van der Waals surface area (Å²) < 4.78 is 13.7. The van der Waals surface area contributed by atoms with Crippen molar-refractivity contribution < 1.29 is 4.39 Å². The molecule has 1 aliphatic carbocycles. The first kappa shape index (κ1) is 12.3. The molecule has 2 unspecified atom stereocenters. The Bertz CT molecular complexity index is 585. The van der Waals surface area contributed by atoms with E-state index in [0.717, 1.165) is 17.6 Å². The summed E-state index contributed by atoms with van der Waals surface area (Å²) in [5, 5.41) is 4.25. The fourth-order valence-electron chi connectivity index (χ4n) is 2.87. The predicted molar refractivity (Wildman–Crippen MR) is 74.5 cm³/mol. The zero-order valence-electron chi connectivity index (χ0n) is 11.1. The van der Waals surface area contributed by atoms with Gasteiger partial charge in [-0.3, -0.25) is 0 Å². The molecule has 0 aliphatic heterocycles. The first-order valence-electron chi connectivity index (χ1n) is 6.91. The summed E-state index contributed by atoms with van der Waals surface area (Å²) in [6.45, 7) is 2.26. The molecule has 2 atom stereocenters. The largest absolute Gasteiger partial charge is 0.366 e. The molecule has 1 heterocycles. The van der Waals surface area contributed by atoms with Crippen LogP contribution in [0.5, 0.6) is 0 Å². The van der Waals surface area contributed by atoms with Crippen LogP contribution in [-0.4, -0.2) is 16.0 Å². The zero-order valence-corrected chi connectivity index (χ0v) is 11.1. The third-order valence-corrected chi connectivity index (χ3v) is 4.05. The van der Waals surface area contributed by atoms with Crippen LogP contribution >= 0.6 is 0 Å². The average molecular weight is 259 g/mol. The number of nitrogens with one attached hydrogen (secondary N) is 1. The smallest absolute Gasteiger partial charge is 0.149 e. The van der Waals surface area contributed by atoms with Gasteiger partial charge in [-0.25, -0.2) is 14.4 Å². The summed E-state index contributed by atoms with van der Waals surface area (Å²) in [6, 6.07) is 5.43. The zero-order chi connectivity index (χ0) is 13.2. The highest BCUT2D eigenvalue weighted by Gasteiger charge is 2.22. The maximum atomic E-state index is 13.7. The molecule has 4 heteroatoms. The number of benzene rings is 1. The topological polar surface area (TPSA) is 37.8 Å². The number of hydrogen-bond donors (Lipinski definition) is 1. The van der Waals surface area contributed by atoms with Crippen molar-refractivity contribution in [1.29, 1.82) is 0 Å². The van der Waals surface area contributed by atoms with Gasteiger partial charge in [-0.2, -0.15) is 0 Å². The number of anilines is 1. The highest BCUT2D eigenvalue weighted by atomic mass is 19.1. The van der Waals surface area contributed by atoms with E-state index in [0.29, 0.717) is 17.5 Å². The van der Waals surface area contributed by atoms with Gasteiger partial charge in [0.15, 0.2) is 0 Å². The molecule has 0 bridgehead atoms. The molecular weight excluding hydrogens is 241 g/mol. The van der Waals surface area contributed by atoms with Crippen LogP contribution in [0.15, 0.2) is 24.5 Å². The van der Waals surface area contributed by atoms with Gasteiger partial charge in [-0.1, -0.05) is 25.8 Å². The van der Waals surface area contributed by atoms with Gasteiger partial charge >= 0.3 is 0 Å². The van der Waals surface area contributed by atoms with Gasteiger partial charge in [0, 0.05) is 11.4 Å². The van der Waals surface area contributed by atoms with E-state index in [4.69, 9.17) is 0 Å². The van der Waals surface area contributed by atoms with Crippen molar-refractivity contribution in [2.24, 2.45) is 5.92 Å². The molecule has 2 aromatic rings. The molecule has 0 spiro atoms. The van der Waals surface area contributed by atoms with Crippen LogP contribution in [-0.2, 0) is 0 Å². The molecule has 0 saturated heterocycles. The van der Waals surface area contributed by atoms with E-state index in [1.165, 1.54) is 31.7 Å². The van der Waals surface area contributed by atoms with Crippen molar-refractivity contribution in [3.8, 4) is 0 Å². The van der Waals surface area contributed by atoms with Gasteiger partial charge in [-0.05, 0) is 30.9 Å². The van der Waals surface area contributed by atoms with E-state index in [2.05, 4.69) is 22.2 Å². The van der Waals surface area contributed by atoms with E-state index >= 15 is 0 Å². The van der Waals surface area contributed by atoms with Gasteiger partial charge in [0.2, 0.25) is 0 Å². The lowest BCUT2D eigenvalue weighted by Gasteiger charge is -2.30. The Labute approximate surface area is 112 Å². The van der Waals surface area contributed by atoms with Crippen molar-refractivity contribution in [1.82, 2.24) is 9.97 Å². The van der Waals surface area contributed by atoms with E-state index in [9.17, 15) is 4.39 Å². The van der Waals surface area contributed by atoms with Gasteiger partial charge in [0.1, 0.15) is 23.5 Å². The fourth-order valence-corrected chi connectivity index (χ4v) is 2.87. The van der Waals surface area contributed by atoms with Crippen LogP contribution in [0.4, 0.5) is 10.2 Å². The van der Waals surface area contributed by atoms with Gasteiger partial charge in [-0.15, -0.1) is 0 Å². The quantitative estimate of drug-likeness (QED) is 0.892. The lowest BCUT2D eigenvalue weighted by Crippen LogP contribution is -2.30. The summed E-state index contributed by atoms with van der Waals surface area (Å²) in [4.78, 5) is 8.32. The van der Waals surface area contributed by atoms with Crippen molar-refractivity contribution in [3.63, 3.8) is 0 Å². The number of nitrogens with zero attached hydrogens (tertiary/aromatic N) is 2. The summed E-state index contributed by atoms with van der Waals surface area (Å²) >= 11 is 0. The van der Waals surface area contributed by atoms with Crippen molar-refractivity contribution >= 4 is 16.7 Å². The standard InChI is InChI=1S/C15H18FN3/c1-10-5-2-3-8-13(10)19-15-11-6-4-7-12(16)14(11)17-9-18-15/h4,6-7,9-10,13H,2-3,5,8H2,1H3,(H,17,18,19). The normalized spacial score (nSPS) is 23.5. The molecule has 1 N–H and O–H groups in total. The molecule has 0 amide bonds. The molecule has 1 aliphatic rings. The van der Waals surface area contributed by atoms with Crippen molar-refractivity contribution in [2.45, 2.75) is 38.6 Å². The van der Waals surface area contributed by atoms with E-state index in [-0.39, 0.29) is 5.82 Å². The first-order valence-corrected chi connectivity index (χ1v) is 6.91.